The van der Waals surface area contributed by atoms with Crippen LogP contribution in [-0.2, 0) is 17.8 Å². The zero-order valence-corrected chi connectivity index (χ0v) is 24.5. The second kappa shape index (κ2) is 12.5. The average Bonchev–Trinajstić information content (AvgIpc) is 3.17. The second-order valence-corrected chi connectivity index (χ2v) is 11.2. The highest BCUT2D eigenvalue weighted by Crippen LogP contribution is 2.31. The summed E-state index contributed by atoms with van der Waals surface area (Å²) < 4.78 is 5.57. The molecule has 1 aromatic rings. The molecular formula is C31H43N5O3. The highest BCUT2D eigenvalue weighted by atomic mass is 16.5. The molecule has 3 N–H and O–H groups in total. The molecule has 2 amide bonds. The molecule has 39 heavy (non-hydrogen) atoms. The molecule has 0 saturated carbocycles. The minimum absolute atomic E-state index is 0.142. The summed E-state index contributed by atoms with van der Waals surface area (Å²) in [5, 5.41) is 19.9. The number of carbonyl (C=O) groups is 2. The van der Waals surface area contributed by atoms with E-state index in [1.807, 2.05) is 63.0 Å². The summed E-state index contributed by atoms with van der Waals surface area (Å²) >= 11 is 0. The van der Waals surface area contributed by atoms with Crippen molar-refractivity contribution in [2.75, 3.05) is 13.7 Å². The van der Waals surface area contributed by atoms with E-state index < -0.39 is 0 Å². The maximum atomic E-state index is 13.4. The van der Waals surface area contributed by atoms with Crippen LogP contribution in [0.15, 0.2) is 47.2 Å². The first-order valence-corrected chi connectivity index (χ1v) is 13.7. The number of rotatable bonds is 8. The van der Waals surface area contributed by atoms with E-state index in [9.17, 15) is 9.59 Å². The molecule has 0 aromatic heterocycles. The minimum Gasteiger partial charge on any atom is -0.496 e. The van der Waals surface area contributed by atoms with E-state index in [1.54, 1.807) is 12.0 Å². The van der Waals surface area contributed by atoms with Gasteiger partial charge in [-0.05, 0) is 88.8 Å². The fourth-order valence-electron chi connectivity index (χ4n) is 5.04. The third-order valence-electron chi connectivity index (χ3n) is 7.44. The molecule has 2 aliphatic heterocycles. The van der Waals surface area contributed by atoms with E-state index in [0.29, 0.717) is 54.6 Å². The zero-order chi connectivity index (χ0) is 28.9. The first kappa shape index (κ1) is 29.9. The van der Waals surface area contributed by atoms with Crippen LogP contribution in [0.25, 0.3) is 0 Å². The number of hydrogen-bond donors (Lipinski definition) is 3. The molecule has 0 unspecified atom stereocenters. The topological polar surface area (TPSA) is 110 Å². The van der Waals surface area contributed by atoms with Crippen LogP contribution in [0.5, 0.6) is 5.75 Å². The molecule has 2 heterocycles. The van der Waals surface area contributed by atoms with Crippen molar-refractivity contribution in [1.29, 1.82) is 10.8 Å². The van der Waals surface area contributed by atoms with Crippen LogP contribution in [0, 0.1) is 10.8 Å². The highest BCUT2D eigenvalue weighted by Gasteiger charge is 2.38. The van der Waals surface area contributed by atoms with Crippen molar-refractivity contribution in [2.45, 2.75) is 85.7 Å². The molecular weight excluding hydrogens is 490 g/mol. The van der Waals surface area contributed by atoms with Gasteiger partial charge >= 0.3 is 0 Å². The quantitative estimate of drug-likeness (QED) is 0.225. The molecule has 8 nitrogen and oxygen atoms in total. The predicted octanol–water partition coefficient (Wildman–Crippen LogP) is 5.74. The summed E-state index contributed by atoms with van der Waals surface area (Å²) in [6, 6.07) is 3.76. The van der Waals surface area contributed by atoms with E-state index in [2.05, 4.69) is 19.2 Å². The lowest BCUT2D eigenvalue weighted by atomic mass is 9.95. The molecule has 0 spiro atoms. The lowest BCUT2D eigenvalue weighted by Crippen LogP contribution is -2.44. The number of likely N-dealkylation sites (tertiary alicyclic amines) is 1. The van der Waals surface area contributed by atoms with Crippen LogP contribution >= 0.6 is 0 Å². The van der Waals surface area contributed by atoms with Crippen LogP contribution in [0.3, 0.4) is 0 Å². The fourth-order valence-corrected chi connectivity index (χ4v) is 5.04. The average molecular weight is 534 g/mol. The van der Waals surface area contributed by atoms with Crippen molar-refractivity contribution >= 4 is 23.5 Å². The number of amides is 2. The number of nitrogens with zero attached hydrogens (tertiary/aromatic N) is 2. The van der Waals surface area contributed by atoms with Crippen LogP contribution < -0.4 is 10.1 Å². The van der Waals surface area contributed by atoms with Gasteiger partial charge in [0.1, 0.15) is 17.4 Å². The van der Waals surface area contributed by atoms with Gasteiger partial charge in [-0.2, -0.15) is 0 Å². The first-order valence-electron chi connectivity index (χ1n) is 13.7. The Morgan fingerprint density at radius 2 is 1.87 bits per heavy atom. The Kier molecular flexibility index (Phi) is 9.54. The molecule has 1 aromatic carbocycles. The van der Waals surface area contributed by atoms with Crippen molar-refractivity contribution in [2.24, 2.45) is 0 Å². The summed E-state index contributed by atoms with van der Waals surface area (Å²) in [5.74, 6) is 1.16. The maximum Gasteiger partial charge on any atom is 0.259 e. The smallest absolute Gasteiger partial charge is 0.259 e. The van der Waals surface area contributed by atoms with E-state index in [0.717, 1.165) is 41.5 Å². The number of hydrogen-bond acceptors (Lipinski definition) is 5. The van der Waals surface area contributed by atoms with Crippen LogP contribution in [-0.4, -0.2) is 52.5 Å². The molecule has 0 bridgehead atoms. The number of ether oxygens (including phenoxy) is 1. The van der Waals surface area contributed by atoms with Gasteiger partial charge in [0.05, 0.1) is 12.7 Å². The number of nitrogens with one attached hydrogen (secondary N) is 3. The molecule has 8 heteroatoms. The Bertz CT molecular complexity index is 1250. The van der Waals surface area contributed by atoms with Gasteiger partial charge in [-0.15, -0.1) is 0 Å². The summed E-state index contributed by atoms with van der Waals surface area (Å²) in [4.78, 5) is 29.5. The van der Waals surface area contributed by atoms with Crippen LogP contribution in [0.2, 0.25) is 0 Å². The highest BCUT2D eigenvalue weighted by molar-refractivity contribution is 6.08. The van der Waals surface area contributed by atoms with Crippen molar-refractivity contribution in [3.63, 3.8) is 0 Å². The Morgan fingerprint density at radius 3 is 2.46 bits per heavy atom. The Labute approximate surface area is 232 Å². The lowest BCUT2D eigenvalue weighted by Gasteiger charge is -2.33. The third kappa shape index (κ3) is 6.85. The van der Waals surface area contributed by atoms with Gasteiger partial charge in [0.2, 0.25) is 5.91 Å². The molecule has 0 atom stereocenters. The summed E-state index contributed by atoms with van der Waals surface area (Å²) in [6.07, 6.45) is 9.07. The number of methoxy groups -OCH3 is 1. The van der Waals surface area contributed by atoms with E-state index >= 15 is 0 Å². The number of amidine groups is 2. The van der Waals surface area contributed by atoms with Gasteiger partial charge < -0.3 is 19.9 Å². The molecule has 0 aliphatic carbocycles. The molecule has 210 valence electrons. The van der Waals surface area contributed by atoms with Crippen molar-refractivity contribution < 1.29 is 14.3 Å². The number of allylic oxidation sites excluding steroid dienone is 4. The van der Waals surface area contributed by atoms with Crippen LogP contribution in [0.1, 0.15) is 88.7 Å². The molecule has 1 saturated heterocycles. The Hall–Kier alpha value is -3.68. The van der Waals surface area contributed by atoms with Gasteiger partial charge in [-0.1, -0.05) is 24.6 Å². The maximum absolute atomic E-state index is 13.4. The second-order valence-electron chi connectivity index (χ2n) is 11.2. The zero-order valence-electron chi connectivity index (χ0n) is 24.5. The van der Waals surface area contributed by atoms with E-state index in [-0.39, 0.29) is 17.4 Å². The van der Waals surface area contributed by atoms with Crippen molar-refractivity contribution in [1.82, 2.24) is 15.1 Å². The lowest BCUT2D eigenvalue weighted by molar-refractivity contribution is -0.132. The first-order chi connectivity index (χ1) is 18.4. The molecule has 1 fully saturated rings. The van der Waals surface area contributed by atoms with E-state index in [4.69, 9.17) is 15.6 Å². The number of carbonyl (C=O) groups excluding carboxylic acids is 2. The standard InChI is InChI=1S/C31H43N5O3/c1-8-10-28(37)35-16-14-22-18-26(39-7)24(17-23(22)19-35)30(38)34-25(20(2)3)12-9-11-21(4)29(33)36-27(32)13-15-31(36,5)6/h9,11-12,17-18,32-33H,8,10,13-16,19H2,1-7H3,(H,34,38)/b12-9-,21-11+,32-27?,33-29?. The van der Waals surface area contributed by atoms with Gasteiger partial charge in [0.25, 0.3) is 5.91 Å². The van der Waals surface area contributed by atoms with Crippen molar-refractivity contribution in [3.8, 4) is 5.75 Å². The minimum atomic E-state index is -0.284. The summed E-state index contributed by atoms with van der Waals surface area (Å²) in [5.41, 5.74) is 4.57. The summed E-state index contributed by atoms with van der Waals surface area (Å²) in [6.45, 7) is 13.0. The largest absolute Gasteiger partial charge is 0.496 e. The normalized spacial score (nSPS) is 16.8. The SMILES string of the molecule is CCCC(=O)N1CCc2cc(OC)c(C(=O)NC(/C=C\C=C(/C)C(=N)N3C(=N)CCC3(C)C)=C(C)C)cc2C1. The summed E-state index contributed by atoms with van der Waals surface area (Å²) in [7, 11) is 1.56. The van der Waals surface area contributed by atoms with Gasteiger partial charge in [0, 0.05) is 37.2 Å². The third-order valence-corrected chi connectivity index (χ3v) is 7.44. The molecule has 3 rings (SSSR count). The van der Waals surface area contributed by atoms with Gasteiger partial charge in [-0.3, -0.25) is 20.4 Å². The Balaban J connectivity index is 1.78. The predicted molar refractivity (Wildman–Crippen MR) is 156 cm³/mol. The van der Waals surface area contributed by atoms with Gasteiger partial charge in [0.15, 0.2) is 0 Å². The number of fused-ring (bicyclic) bond motifs is 1. The molecule has 2 aliphatic rings. The van der Waals surface area contributed by atoms with Gasteiger partial charge in [-0.25, -0.2) is 0 Å². The fraction of sp³-hybridized carbons (Fsp3) is 0.484. The Morgan fingerprint density at radius 1 is 1.15 bits per heavy atom. The van der Waals surface area contributed by atoms with E-state index in [1.165, 1.54) is 0 Å². The number of benzene rings is 1. The monoisotopic (exact) mass is 533 g/mol. The molecule has 0 radical (unpaired) electrons. The van der Waals surface area contributed by atoms with Crippen LogP contribution in [0.4, 0.5) is 0 Å². The van der Waals surface area contributed by atoms with Crippen molar-refractivity contribution in [3.05, 3.63) is 63.9 Å².